The van der Waals surface area contributed by atoms with E-state index in [-0.39, 0.29) is 46.9 Å². The molecule has 2 N–H and O–H groups in total. The third-order valence-corrected chi connectivity index (χ3v) is 8.67. The van der Waals surface area contributed by atoms with Gasteiger partial charge >= 0.3 is 6.09 Å². The van der Waals surface area contributed by atoms with E-state index < -0.39 is 17.8 Å². The summed E-state index contributed by atoms with van der Waals surface area (Å²) in [6.45, 7) is 2.18. The van der Waals surface area contributed by atoms with E-state index in [9.17, 15) is 24.9 Å². The summed E-state index contributed by atoms with van der Waals surface area (Å²) >= 11 is 0. The van der Waals surface area contributed by atoms with Gasteiger partial charge < -0.3 is 15.0 Å². The Labute approximate surface area is 260 Å². The minimum absolute atomic E-state index is 0.0759. The molecule has 3 heterocycles. The molecule has 2 aromatic carbocycles. The molecule has 11 heteroatoms. The zero-order chi connectivity index (χ0) is 32.1. The summed E-state index contributed by atoms with van der Waals surface area (Å²) < 4.78 is 20.0. The summed E-state index contributed by atoms with van der Waals surface area (Å²) in [7, 11) is 1.27. The van der Waals surface area contributed by atoms with Gasteiger partial charge in [0.15, 0.2) is 0 Å². The van der Waals surface area contributed by atoms with Crippen molar-refractivity contribution in [1.29, 1.82) is 10.5 Å². The van der Waals surface area contributed by atoms with E-state index in [0.717, 1.165) is 5.56 Å². The number of likely N-dealkylation sites (tertiary alicyclic amines) is 1. The number of hydrogen-bond donors (Lipinski definition) is 2. The van der Waals surface area contributed by atoms with Gasteiger partial charge in [0.25, 0.3) is 0 Å². The van der Waals surface area contributed by atoms with Crippen molar-refractivity contribution < 1.29 is 23.5 Å². The third kappa shape index (κ3) is 6.63. The zero-order valence-corrected chi connectivity index (χ0v) is 25.1. The van der Waals surface area contributed by atoms with Gasteiger partial charge in [-0.3, -0.25) is 19.9 Å². The van der Waals surface area contributed by atoms with Crippen molar-refractivity contribution in [2.45, 2.75) is 57.4 Å². The average molecular weight is 609 g/mol. The van der Waals surface area contributed by atoms with Gasteiger partial charge in [-0.05, 0) is 79.6 Å². The van der Waals surface area contributed by atoms with E-state index >= 15 is 4.39 Å². The molecular weight excluding hydrogens is 575 g/mol. The van der Waals surface area contributed by atoms with E-state index in [2.05, 4.69) is 21.7 Å². The number of halogens is 1. The van der Waals surface area contributed by atoms with Crippen molar-refractivity contribution in [2.24, 2.45) is 5.92 Å². The largest absolute Gasteiger partial charge is 0.453 e. The summed E-state index contributed by atoms with van der Waals surface area (Å²) in [6.07, 6.45) is 3.84. The molecule has 3 aromatic rings. The molecular formula is C34H33FN6O4. The Balaban J connectivity index is 1.51. The minimum atomic E-state index is -0.692. The Morgan fingerprint density at radius 3 is 2.60 bits per heavy atom. The first-order valence-electron chi connectivity index (χ1n) is 14.9. The van der Waals surface area contributed by atoms with Crippen LogP contribution in [0, 0.1) is 34.4 Å². The number of amides is 3. The van der Waals surface area contributed by atoms with Crippen molar-refractivity contribution in [2.75, 3.05) is 24.3 Å². The molecule has 5 rings (SSSR count). The number of nitrogens with one attached hydrogen (secondary N) is 2. The van der Waals surface area contributed by atoms with E-state index in [0.29, 0.717) is 61.3 Å². The highest BCUT2D eigenvalue weighted by Gasteiger charge is 2.33. The summed E-state index contributed by atoms with van der Waals surface area (Å²) in [4.78, 5) is 45.1. The van der Waals surface area contributed by atoms with Crippen LogP contribution in [0.2, 0.25) is 0 Å². The minimum Gasteiger partial charge on any atom is -0.453 e. The first kappa shape index (κ1) is 31.1. The van der Waals surface area contributed by atoms with Crippen molar-refractivity contribution >= 4 is 29.3 Å². The number of methoxy groups -OCH3 is 1. The number of anilines is 2. The van der Waals surface area contributed by atoms with Crippen LogP contribution >= 0.6 is 0 Å². The quantitative estimate of drug-likeness (QED) is 0.349. The van der Waals surface area contributed by atoms with Gasteiger partial charge in [0.1, 0.15) is 11.9 Å². The van der Waals surface area contributed by atoms with Gasteiger partial charge in [0.2, 0.25) is 11.8 Å². The lowest BCUT2D eigenvalue weighted by molar-refractivity contribution is -0.133. The highest BCUT2D eigenvalue weighted by Crippen LogP contribution is 2.39. The van der Waals surface area contributed by atoms with Gasteiger partial charge in [-0.1, -0.05) is 13.3 Å². The molecule has 2 aliphatic heterocycles. The van der Waals surface area contributed by atoms with Gasteiger partial charge in [-0.2, -0.15) is 10.5 Å². The second-order valence-corrected chi connectivity index (χ2v) is 11.4. The fourth-order valence-electron chi connectivity index (χ4n) is 6.23. The van der Waals surface area contributed by atoms with Crippen LogP contribution in [0.5, 0.6) is 0 Å². The lowest BCUT2D eigenvalue weighted by atomic mass is 9.87. The first-order chi connectivity index (χ1) is 21.7. The van der Waals surface area contributed by atoms with E-state index in [1.807, 2.05) is 30.0 Å². The van der Waals surface area contributed by atoms with Gasteiger partial charge in [-0.15, -0.1) is 0 Å². The summed E-state index contributed by atoms with van der Waals surface area (Å²) in [5.74, 6) is -1.67. The maximum absolute atomic E-state index is 15.3. The van der Waals surface area contributed by atoms with E-state index in [1.165, 1.54) is 19.2 Å². The predicted molar refractivity (Wildman–Crippen MR) is 164 cm³/mol. The molecule has 0 radical (unpaired) electrons. The Bertz CT molecular complexity index is 1730. The topological polar surface area (TPSA) is 148 Å². The number of rotatable bonds is 3. The molecule has 1 saturated heterocycles. The molecule has 3 atom stereocenters. The normalized spacial score (nSPS) is 20.2. The molecule has 3 amide bonds. The summed E-state index contributed by atoms with van der Waals surface area (Å²) in [6, 6.07) is 15.3. The van der Waals surface area contributed by atoms with Crippen LogP contribution in [0.3, 0.4) is 0 Å². The van der Waals surface area contributed by atoms with Crippen molar-refractivity contribution in [1.82, 2.24) is 9.88 Å². The first-order valence-corrected chi connectivity index (χ1v) is 14.9. The van der Waals surface area contributed by atoms with Crippen molar-refractivity contribution in [3.05, 3.63) is 76.7 Å². The Hall–Kier alpha value is -5.29. The number of ether oxygens (including phenoxy) is 1. The SMILES string of the molecule is COC(=O)Nc1ccc2c(c1)NC(=O)[C@H](C)CCC[C@H](N1CC[C@H](c3c(C#N)ccc(C#N)c3F)CCC1=O)c1ccnc-2c1. The molecule has 0 spiro atoms. The summed E-state index contributed by atoms with van der Waals surface area (Å²) in [5, 5.41) is 24.7. The second-order valence-electron chi connectivity index (χ2n) is 11.4. The highest BCUT2D eigenvalue weighted by molar-refractivity contribution is 5.98. The van der Waals surface area contributed by atoms with Gasteiger partial charge in [0.05, 0.1) is 41.7 Å². The number of fused-ring (bicyclic) bond motifs is 4. The number of nitrogens with zero attached hydrogens (tertiary/aromatic N) is 4. The summed E-state index contributed by atoms with van der Waals surface area (Å²) in [5.41, 5.74) is 3.29. The average Bonchev–Trinajstić information content (AvgIpc) is 3.23. The van der Waals surface area contributed by atoms with Crippen LogP contribution in [-0.4, -0.2) is 41.4 Å². The molecule has 1 aromatic heterocycles. The number of nitriles is 2. The highest BCUT2D eigenvalue weighted by atomic mass is 19.1. The van der Waals surface area contributed by atoms with Crippen LogP contribution in [0.15, 0.2) is 48.7 Å². The van der Waals surface area contributed by atoms with Crippen LogP contribution < -0.4 is 10.6 Å². The Morgan fingerprint density at radius 1 is 1.07 bits per heavy atom. The molecule has 0 saturated carbocycles. The molecule has 0 aliphatic carbocycles. The zero-order valence-electron chi connectivity index (χ0n) is 25.1. The molecule has 1 fully saturated rings. The number of pyridine rings is 1. The maximum Gasteiger partial charge on any atom is 0.411 e. The van der Waals surface area contributed by atoms with E-state index in [4.69, 9.17) is 4.74 Å². The van der Waals surface area contributed by atoms with Crippen molar-refractivity contribution in [3.63, 3.8) is 0 Å². The Kier molecular flexibility index (Phi) is 9.39. The molecule has 2 bridgehead atoms. The standard InChI is InChI=1S/C34H33FN6O4/c1-20-4-3-5-29(41-15-13-21(8-11-30(41)42)31-23(18-36)6-7-24(19-37)32(31)35)22-12-14-38-27(16-22)26-10-9-25(39-34(44)45-2)17-28(26)40-33(20)43/h6-7,9-10,12,14,16-17,20-21,29H,3-5,8,11,13,15H2,1-2H3,(H,39,44)(H,40,43)/t20-,21-,29+/m1/s1. The number of aromatic nitrogens is 1. The number of carbonyl (C=O) groups is 3. The van der Waals surface area contributed by atoms with Gasteiger partial charge in [0, 0.05) is 41.9 Å². The molecule has 2 aliphatic rings. The van der Waals surface area contributed by atoms with Crippen LogP contribution in [-0.2, 0) is 14.3 Å². The fraction of sp³-hybridized carbons (Fsp3) is 0.353. The smallest absolute Gasteiger partial charge is 0.411 e. The molecule has 45 heavy (non-hydrogen) atoms. The predicted octanol–water partition coefficient (Wildman–Crippen LogP) is 6.41. The lowest BCUT2D eigenvalue weighted by Gasteiger charge is -2.32. The third-order valence-electron chi connectivity index (χ3n) is 8.67. The van der Waals surface area contributed by atoms with Crippen LogP contribution in [0.25, 0.3) is 11.3 Å². The molecule has 0 unspecified atom stereocenters. The van der Waals surface area contributed by atoms with Crippen molar-refractivity contribution in [3.8, 4) is 23.4 Å². The Morgan fingerprint density at radius 2 is 1.84 bits per heavy atom. The van der Waals surface area contributed by atoms with Gasteiger partial charge in [-0.25, -0.2) is 9.18 Å². The monoisotopic (exact) mass is 608 g/mol. The number of benzene rings is 2. The van der Waals surface area contributed by atoms with Crippen LogP contribution in [0.4, 0.5) is 20.6 Å². The number of carbonyl (C=O) groups excluding carboxylic acids is 3. The van der Waals surface area contributed by atoms with E-state index in [1.54, 1.807) is 24.4 Å². The molecule has 10 nitrogen and oxygen atoms in total. The van der Waals surface area contributed by atoms with Crippen LogP contribution in [0.1, 0.15) is 79.7 Å². The fourth-order valence-corrected chi connectivity index (χ4v) is 6.23. The molecule has 230 valence electrons. The number of hydrogen-bond acceptors (Lipinski definition) is 7. The lowest BCUT2D eigenvalue weighted by Crippen LogP contribution is -2.35. The maximum atomic E-state index is 15.3. The second kappa shape index (κ2) is 13.6.